The maximum absolute atomic E-state index is 12.5. The molecule has 0 atom stereocenters. The van der Waals surface area contributed by atoms with Crippen molar-refractivity contribution in [2.45, 2.75) is 47.1 Å². The Hall–Kier alpha value is -0.170. The molecule has 0 saturated heterocycles. The fraction of sp³-hybridized carbons (Fsp3) is 1.00. The van der Waals surface area contributed by atoms with Crippen LogP contribution >= 0.6 is 0 Å². The van der Waals surface area contributed by atoms with Gasteiger partial charge in [0.2, 0.25) is 0 Å². The first-order valence-corrected chi connectivity index (χ1v) is 8.57. The second-order valence-electron chi connectivity index (χ2n) is 5.59. The van der Waals surface area contributed by atoms with Crippen LogP contribution in [0.3, 0.4) is 0 Å². The Labute approximate surface area is 119 Å². The maximum Gasteiger partial charge on any atom is 0.281 e. The van der Waals surface area contributed by atoms with Gasteiger partial charge in [-0.1, -0.05) is 20.8 Å². The van der Waals surface area contributed by atoms with Gasteiger partial charge >= 0.3 is 0 Å². The largest absolute Gasteiger partial charge is 0.317 e. The zero-order chi connectivity index (χ0) is 15.1. The molecule has 5 nitrogen and oxygen atoms in total. The second kappa shape index (κ2) is 8.89. The van der Waals surface area contributed by atoms with Crippen LogP contribution < -0.4 is 5.32 Å². The first-order chi connectivity index (χ1) is 8.73. The fourth-order valence-corrected chi connectivity index (χ4v) is 3.57. The molecule has 0 aromatic rings. The van der Waals surface area contributed by atoms with Gasteiger partial charge in [-0.3, -0.25) is 0 Å². The van der Waals surface area contributed by atoms with Crippen molar-refractivity contribution in [1.29, 1.82) is 0 Å². The summed E-state index contributed by atoms with van der Waals surface area (Å²) in [5.74, 6) is 0.326. The van der Waals surface area contributed by atoms with E-state index in [0.29, 0.717) is 19.0 Å². The molecule has 0 aliphatic carbocycles. The zero-order valence-corrected chi connectivity index (χ0v) is 14.1. The van der Waals surface area contributed by atoms with Gasteiger partial charge in [0, 0.05) is 26.2 Å². The van der Waals surface area contributed by atoms with Crippen molar-refractivity contribution in [3.05, 3.63) is 0 Å². The minimum atomic E-state index is -3.34. The fourth-order valence-electron chi connectivity index (χ4n) is 1.83. The summed E-state index contributed by atoms with van der Waals surface area (Å²) in [4.78, 5) is 0. The van der Waals surface area contributed by atoms with Crippen LogP contribution in [0.2, 0.25) is 0 Å². The minimum Gasteiger partial charge on any atom is -0.317 e. The van der Waals surface area contributed by atoms with Crippen molar-refractivity contribution < 1.29 is 8.42 Å². The highest BCUT2D eigenvalue weighted by molar-refractivity contribution is 7.86. The molecule has 116 valence electrons. The Bertz CT molecular complexity index is 329. The normalized spacial score (nSPS) is 13.2. The summed E-state index contributed by atoms with van der Waals surface area (Å²) in [5, 5.41) is 3.20. The Morgan fingerprint density at radius 3 is 2.16 bits per heavy atom. The van der Waals surface area contributed by atoms with Crippen LogP contribution in [0.4, 0.5) is 0 Å². The van der Waals surface area contributed by atoms with Crippen LogP contribution in [0.15, 0.2) is 0 Å². The van der Waals surface area contributed by atoms with Gasteiger partial charge in [0.15, 0.2) is 0 Å². The lowest BCUT2D eigenvalue weighted by Crippen LogP contribution is -2.47. The van der Waals surface area contributed by atoms with Crippen molar-refractivity contribution in [2.75, 3.05) is 33.2 Å². The van der Waals surface area contributed by atoms with Gasteiger partial charge in [0.1, 0.15) is 0 Å². The van der Waals surface area contributed by atoms with E-state index in [-0.39, 0.29) is 6.04 Å². The lowest BCUT2D eigenvalue weighted by Gasteiger charge is -2.31. The molecular weight excluding hydrogens is 262 g/mol. The summed E-state index contributed by atoms with van der Waals surface area (Å²) in [6, 6.07) is -0.0105. The van der Waals surface area contributed by atoms with E-state index >= 15 is 0 Å². The maximum atomic E-state index is 12.5. The van der Waals surface area contributed by atoms with E-state index in [4.69, 9.17) is 0 Å². The standard InChI is InChI=1S/C13H31N3O2S/c1-7-14-9-8-10-15(6)19(17,18)16(13(4)5)11-12(2)3/h12-14H,7-11H2,1-6H3. The zero-order valence-electron chi connectivity index (χ0n) is 13.3. The SMILES string of the molecule is CCNCCCN(C)S(=O)(=O)N(CC(C)C)C(C)C. The molecule has 0 amide bonds. The third-order valence-corrected chi connectivity index (χ3v) is 5.02. The average Bonchev–Trinajstić information content (AvgIpc) is 2.30. The Morgan fingerprint density at radius 2 is 1.74 bits per heavy atom. The van der Waals surface area contributed by atoms with Crippen LogP contribution in [-0.4, -0.2) is 56.3 Å². The number of nitrogens with one attached hydrogen (secondary N) is 1. The van der Waals surface area contributed by atoms with Crippen LogP contribution in [0.5, 0.6) is 0 Å². The smallest absolute Gasteiger partial charge is 0.281 e. The van der Waals surface area contributed by atoms with E-state index in [1.54, 1.807) is 11.4 Å². The summed E-state index contributed by atoms with van der Waals surface area (Å²) >= 11 is 0. The summed E-state index contributed by atoms with van der Waals surface area (Å²) in [7, 11) is -1.68. The van der Waals surface area contributed by atoms with Crippen molar-refractivity contribution in [2.24, 2.45) is 5.92 Å². The molecule has 0 saturated carbocycles. The molecule has 0 aliphatic heterocycles. The average molecular weight is 293 g/mol. The molecule has 19 heavy (non-hydrogen) atoms. The van der Waals surface area contributed by atoms with Crippen molar-refractivity contribution in [1.82, 2.24) is 13.9 Å². The second-order valence-corrected chi connectivity index (χ2v) is 7.58. The predicted molar refractivity (Wildman–Crippen MR) is 81.4 cm³/mol. The van der Waals surface area contributed by atoms with Gasteiger partial charge in [-0.2, -0.15) is 17.0 Å². The van der Waals surface area contributed by atoms with Crippen molar-refractivity contribution >= 4 is 10.2 Å². The third kappa shape index (κ3) is 6.70. The summed E-state index contributed by atoms with van der Waals surface area (Å²) in [6.07, 6.45) is 0.831. The van der Waals surface area contributed by atoms with Crippen molar-refractivity contribution in [3.8, 4) is 0 Å². The van der Waals surface area contributed by atoms with E-state index in [2.05, 4.69) is 5.32 Å². The number of hydrogen-bond donors (Lipinski definition) is 1. The van der Waals surface area contributed by atoms with E-state index in [1.165, 1.54) is 4.31 Å². The van der Waals surface area contributed by atoms with Gasteiger partial charge < -0.3 is 5.32 Å². The number of rotatable bonds is 10. The predicted octanol–water partition coefficient (Wildman–Crippen LogP) is 1.53. The number of hydrogen-bond acceptors (Lipinski definition) is 3. The van der Waals surface area contributed by atoms with Crippen LogP contribution in [0.1, 0.15) is 41.0 Å². The molecule has 6 heteroatoms. The molecule has 0 spiro atoms. The molecule has 1 N–H and O–H groups in total. The summed E-state index contributed by atoms with van der Waals surface area (Å²) in [6.45, 7) is 12.9. The highest BCUT2D eigenvalue weighted by Crippen LogP contribution is 2.14. The summed E-state index contributed by atoms with van der Waals surface area (Å²) < 4.78 is 28.1. The lowest BCUT2D eigenvalue weighted by molar-refractivity contribution is 0.291. The highest BCUT2D eigenvalue weighted by Gasteiger charge is 2.29. The molecule has 0 radical (unpaired) electrons. The molecule has 0 rings (SSSR count). The Kier molecular flexibility index (Phi) is 8.81. The van der Waals surface area contributed by atoms with Crippen LogP contribution in [-0.2, 0) is 10.2 Å². The molecule has 0 aromatic carbocycles. The summed E-state index contributed by atoms with van der Waals surface area (Å²) in [5.41, 5.74) is 0. The molecule has 0 aliphatic rings. The Balaban J connectivity index is 4.61. The van der Waals surface area contributed by atoms with Gasteiger partial charge in [0.05, 0.1) is 0 Å². The van der Waals surface area contributed by atoms with Gasteiger partial charge in [-0.15, -0.1) is 0 Å². The first-order valence-electron chi connectivity index (χ1n) is 7.17. The highest BCUT2D eigenvalue weighted by atomic mass is 32.2. The topological polar surface area (TPSA) is 52.7 Å². The molecular formula is C13H31N3O2S. The van der Waals surface area contributed by atoms with Gasteiger partial charge in [0.25, 0.3) is 10.2 Å². The number of nitrogens with zero attached hydrogens (tertiary/aromatic N) is 2. The lowest BCUT2D eigenvalue weighted by atomic mass is 10.2. The quantitative estimate of drug-likeness (QED) is 0.622. The van der Waals surface area contributed by atoms with Crippen LogP contribution in [0, 0.1) is 5.92 Å². The molecule has 0 unspecified atom stereocenters. The minimum absolute atomic E-state index is 0.0105. The van der Waals surface area contributed by atoms with Gasteiger partial charge in [-0.25, -0.2) is 0 Å². The molecule has 0 bridgehead atoms. The van der Waals surface area contributed by atoms with E-state index in [1.807, 2.05) is 34.6 Å². The Morgan fingerprint density at radius 1 is 1.16 bits per heavy atom. The third-order valence-electron chi connectivity index (χ3n) is 2.89. The van der Waals surface area contributed by atoms with Crippen LogP contribution in [0.25, 0.3) is 0 Å². The molecule has 0 heterocycles. The van der Waals surface area contributed by atoms with E-state index < -0.39 is 10.2 Å². The van der Waals surface area contributed by atoms with E-state index in [9.17, 15) is 8.42 Å². The van der Waals surface area contributed by atoms with Gasteiger partial charge in [-0.05, 0) is 39.3 Å². The molecule has 0 fully saturated rings. The molecule has 0 aromatic heterocycles. The monoisotopic (exact) mass is 293 g/mol. The van der Waals surface area contributed by atoms with E-state index in [0.717, 1.165) is 19.5 Å². The van der Waals surface area contributed by atoms with Crippen molar-refractivity contribution in [3.63, 3.8) is 0 Å². The first kappa shape index (κ1) is 18.8.